The van der Waals surface area contributed by atoms with Crippen LogP contribution in [0.25, 0.3) is 10.9 Å². The van der Waals surface area contributed by atoms with E-state index in [1.54, 1.807) is 21.3 Å². The highest BCUT2D eigenvalue weighted by molar-refractivity contribution is 6.30. The normalized spacial score (nSPS) is 10.1. The van der Waals surface area contributed by atoms with Crippen LogP contribution >= 0.6 is 24.0 Å². The maximum absolute atomic E-state index is 6.03. The number of anilines is 2. The van der Waals surface area contributed by atoms with Crippen LogP contribution in [0, 0.1) is 0 Å². The minimum Gasteiger partial charge on any atom is -0.493 e. The molecule has 132 valence electrons. The van der Waals surface area contributed by atoms with Gasteiger partial charge in [-0.05, 0) is 24.3 Å². The van der Waals surface area contributed by atoms with E-state index in [-0.39, 0.29) is 12.4 Å². The van der Waals surface area contributed by atoms with Gasteiger partial charge in [0.25, 0.3) is 0 Å². The molecule has 8 heteroatoms. The molecular weight excluding hydrogens is 365 g/mol. The third kappa shape index (κ3) is 3.65. The van der Waals surface area contributed by atoms with Gasteiger partial charge in [0.05, 0.1) is 26.7 Å². The third-order valence-electron chi connectivity index (χ3n) is 3.52. The number of ether oxygens (including phenoxy) is 3. The molecule has 3 rings (SSSR count). The zero-order valence-electron chi connectivity index (χ0n) is 13.9. The Balaban J connectivity index is 0.00000225. The summed E-state index contributed by atoms with van der Waals surface area (Å²) in [5.74, 6) is 2.12. The van der Waals surface area contributed by atoms with Crippen LogP contribution in [0.2, 0.25) is 5.02 Å². The molecule has 0 unspecified atom stereocenters. The Labute approximate surface area is 156 Å². The Bertz CT molecular complexity index is 890. The van der Waals surface area contributed by atoms with Gasteiger partial charge >= 0.3 is 0 Å². The Hall–Kier alpha value is -2.44. The van der Waals surface area contributed by atoms with E-state index in [1.165, 1.54) is 6.33 Å². The summed E-state index contributed by atoms with van der Waals surface area (Å²) in [6, 6.07) is 9.19. The van der Waals surface area contributed by atoms with E-state index in [1.807, 2.05) is 30.3 Å². The summed E-state index contributed by atoms with van der Waals surface area (Å²) in [5, 5.41) is 4.62. The molecule has 0 fully saturated rings. The predicted molar refractivity (Wildman–Crippen MR) is 101 cm³/mol. The van der Waals surface area contributed by atoms with Gasteiger partial charge in [-0.15, -0.1) is 12.4 Å². The van der Waals surface area contributed by atoms with Gasteiger partial charge in [-0.1, -0.05) is 17.7 Å². The molecule has 1 N–H and O–H groups in total. The largest absolute Gasteiger partial charge is 0.493 e. The number of nitrogens with one attached hydrogen (secondary N) is 1. The second-order valence-electron chi connectivity index (χ2n) is 4.90. The fraction of sp³-hybridized carbons (Fsp3) is 0.176. The van der Waals surface area contributed by atoms with Gasteiger partial charge in [0.1, 0.15) is 17.7 Å². The summed E-state index contributed by atoms with van der Waals surface area (Å²) >= 11 is 6.03. The summed E-state index contributed by atoms with van der Waals surface area (Å²) < 4.78 is 16.3. The number of nitrogens with zero attached hydrogens (tertiary/aromatic N) is 2. The first-order valence-corrected chi connectivity index (χ1v) is 7.52. The lowest BCUT2D eigenvalue weighted by Crippen LogP contribution is -2.00. The van der Waals surface area contributed by atoms with E-state index in [9.17, 15) is 0 Å². The van der Waals surface area contributed by atoms with Crippen molar-refractivity contribution in [3.05, 3.63) is 41.7 Å². The highest BCUT2D eigenvalue weighted by Gasteiger charge is 2.19. The minimum absolute atomic E-state index is 0. The van der Waals surface area contributed by atoms with E-state index >= 15 is 0 Å². The van der Waals surface area contributed by atoms with Crippen molar-refractivity contribution in [1.29, 1.82) is 0 Å². The predicted octanol–water partition coefficient (Wildman–Crippen LogP) is 4.47. The number of benzene rings is 2. The van der Waals surface area contributed by atoms with Crippen molar-refractivity contribution in [3.63, 3.8) is 0 Å². The Morgan fingerprint density at radius 2 is 1.72 bits per heavy atom. The van der Waals surface area contributed by atoms with Crippen molar-refractivity contribution in [2.45, 2.75) is 0 Å². The second-order valence-corrected chi connectivity index (χ2v) is 5.34. The molecule has 0 spiro atoms. The summed E-state index contributed by atoms with van der Waals surface area (Å²) in [4.78, 5) is 8.64. The van der Waals surface area contributed by atoms with Gasteiger partial charge in [-0.3, -0.25) is 0 Å². The third-order valence-corrected chi connectivity index (χ3v) is 3.76. The topological polar surface area (TPSA) is 65.5 Å². The minimum atomic E-state index is 0. The Morgan fingerprint density at radius 3 is 2.36 bits per heavy atom. The molecule has 0 saturated heterocycles. The molecule has 0 aliphatic carbocycles. The van der Waals surface area contributed by atoms with Gasteiger partial charge in [-0.2, -0.15) is 0 Å². The Morgan fingerprint density at radius 1 is 0.960 bits per heavy atom. The standard InChI is InChI=1S/C17H16ClN3O3.ClH/c1-22-13-8-12-14(16(24-3)15(13)23-2)19-9-20-17(12)21-11-6-4-5-10(18)7-11;/h4-9H,1-3H3,(H,19,20,21);1H. The number of methoxy groups -OCH3 is 3. The molecule has 3 aromatic rings. The molecule has 0 radical (unpaired) electrons. The molecule has 0 amide bonds. The van der Waals surface area contributed by atoms with Crippen molar-refractivity contribution in [1.82, 2.24) is 9.97 Å². The smallest absolute Gasteiger partial charge is 0.205 e. The van der Waals surface area contributed by atoms with Gasteiger partial charge in [0.2, 0.25) is 5.75 Å². The average Bonchev–Trinajstić information content (AvgIpc) is 2.60. The second kappa shape index (κ2) is 8.09. The van der Waals surface area contributed by atoms with Crippen LogP contribution in [0.4, 0.5) is 11.5 Å². The first kappa shape index (κ1) is 18.9. The van der Waals surface area contributed by atoms with Crippen LogP contribution in [0.3, 0.4) is 0 Å². The molecule has 0 saturated carbocycles. The lowest BCUT2D eigenvalue weighted by atomic mass is 10.1. The Kier molecular flexibility index (Phi) is 6.12. The zero-order chi connectivity index (χ0) is 17.1. The lowest BCUT2D eigenvalue weighted by Gasteiger charge is -2.16. The monoisotopic (exact) mass is 381 g/mol. The van der Waals surface area contributed by atoms with Gasteiger partial charge in [-0.25, -0.2) is 9.97 Å². The zero-order valence-corrected chi connectivity index (χ0v) is 15.4. The van der Waals surface area contributed by atoms with Crippen molar-refractivity contribution in [2.75, 3.05) is 26.6 Å². The van der Waals surface area contributed by atoms with Crippen LogP contribution in [0.15, 0.2) is 36.7 Å². The quantitative estimate of drug-likeness (QED) is 0.702. The maximum atomic E-state index is 6.03. The van der Waals surface area contributed by atoms with Crippen LogP contribution < -0.4 is 19.5 Å². The molecule has 2 aromatic carbocycles. The van der Waals surface area contributed by atoms with E-state index in [0.717, 1.165) is 11.1 Å². The SMILES string of the molecule is COc1cc2c(Nc3cccc(Cl)c3)ncnc2c(OC)c1OC.Cl. The summed E-state index contributed by atoms with van der Waals surface area (Å²) in [7, 11) is 4.68. The molecule has 0 bridgehead atoms. The molecule has 25 heavy (non-hydrogen) atoms. The highest BCUT2D eigenvalue weighted by Crippen LogP contribution is 2.44. The fourth-order valence-corrected chi connectivity index (χ4v) is 2.66. The molecular formula is C17H17Cl2N3O3. The molecule has 1 heterocycles. The molecule has 6 nitrogen and oxygen atoms in total. The average molecular weight is 382 g/mol. The summed E-state index contributed by atoms with van der Waals surface area (Å²) in [5.41, 5.74) is 1.44. The number of hydrogen-bond acceptors (Lipinski definition) is 6. The van der Waals surface area contributed by atoms with E-state index in [0.29, 0.717) is 33.6 Å². The number of hydrogen-bond donors (Lipinski definition) is 1. The van der Waals surface area contributed by atoms with Gasteiger partial charge in [0.15, 0.2) is 11.5 Å². The number of fused-ring (bicyclic) bond motifs is 1. The lowest BCUT2D eigenvalue weighted by molar-refractivity contribution is 0.327. The first-order valence-electron chi connectivity index (χ1n) is 7.14. The van der Waals surface area contributed by atoms with E-state index < -0.39 is 0 Å². The van der Waals surface area contributed by atoms with Crippen LogP contribution in [0.5, 0.6) is 17.2 Å². The van der Waals surface area contributed by atoms with Crippen molar-refractivity contribution in [3.8, 4) is 17.2 Å². The molecule has 0 aliphatic heterocycles. The summed E-state index contributed by atoms with van der Waals surface area (Å²) in [6.45, 7) is 0. The maximum Gasteiger partial charge on any atom is 0.205 e. The number of rotatable bonds is 5. The van der Waals surface area contributed by atoms with Crippen LogP contribution in [-0.4, -0.2) is 31.3 Å². The van der Waals surface area contributed by atoms with Crippen molar-refractivity contribution >= 4 is 46.4 Å². The van der Waals surface area contributed by atoms with Crippen molar-refractivity contribution < 1.29 is 14.2 Å². The fourth-order valence-electron chi connectivity index (χ4n) is 2.47. The molecule has 0 aliphatic rings. The van der Waals surface area contributed by atoms with Gasteiger partial charge < -0.3 is 19.5 Å². The number of aromatic nitrogens is 2. The van der Waals surface area contributed by atoms with Crippen LogP contribution in [0.1, 0.15) is 0 Å². The van der Waals surface area contributed by atoms with Gasteiger partial charge in [0, 0.05) is 10.7 Å². The van der Waals surface area contributed by atoms with E-state index in [2.05, 4.69) is 15.3 Å². The summed E-state index contributed by atoms with van der Waals surface area (Å²) in [6.07, 6.45) is 1.46. The highest BCUT2D eigenvalue weighted by atomic mass is 35.5. The first-order chi connectivity index (χ1) is 11.7. The van der Waals surface area contributed by atoms with E-state index in [4.69, 9.17) is 25.8 Å². The van der Waals surface area contributed by atoms with Crippen molar-refractivity contribution in [2.24, 2.45) is 0 Å². The number of halogens is 2. The van der Waals surface area contributed by atoms with Crippen LogP contribution in [-0.2, 0) is 0 Å². The molecule has 1 aromatic heterocycles. The molecule has 0 atom stereocenters.